The van der Waals surface area contributed by atoms with E-state index in [4.69, 9.17) is 37.9 Å². The van der Waals surface area contributed by atoms with Gasteiger partial charge < -0.3 is 37.9 Å². The second-order valence-corrected chi connectivity index (χ2v) is 30.9. The van der Waals surface area contributed by atoms with E-state index in [1.807, 2.05) is 0 Å². The van der Waals surface area contributed by atoms with Crippen molar-refractivity contribution in [1.29, 1.82) is 0 Å². The fourth-order valence-electron chi connectivity index (χ4n) is 14.0. The zero-order valence-corrected chi connectivity index (χ0v) is 69.7. The third-order valence-corrected chi connectivity index (χ3v) is 20.9. The van der Waals surface area contributed by atoms with Crippen LogP contribution in [-0.2, 0) is 0 Å². The molecule has 0 atom stereocenters. The molecule has 0 fully saturated rings. The summed E-state index contributed by atoms with van der Waals surface area (Å²) in [5.74, 6) is -1.23. The molecule has 0 saturated heterocycles. The summed E-state index contributed by atoms with van der Waals surface area (Å²) >= 11 is 0. The van der Waals surface area contributed by atoms with Gasteiger partial charge in [-0.3, -0.25) is 20.2 Å². The molecular weight excluding hydrogens is 1360 g/mol. The van der Waals surface area contributed by atoms with Crippen LogP contribution in [0.5, 0.6) is 46.0 Å². The quantitative estimate of drug-likeness (QED) is 0.0170. The van der Waals surface area contributed by atoms with E-state index < -0.39 is 44.7 Å². The average Bonchev–Trinajstić information content (AvgIpc) is 1.02. The largest absolute Gasteiger partial charge is 0.490 e. The molecule has 0 radical (unpaired) electrons. The standard InChI is InChI=1S/C92H156N2O14/c1-7-13-19-25-31-37-43-49-55-61-67-101-85-73-79(74-86(102-68-62-56-50-44-38-32-26-20-14-8-2)89(85)105-71-65-59-53-47-41-35-29-23-17-11-5)91(95)107-83-77-81(93(97)98)82(94(99)100)78-84(83)108-92(96)80-75-87(103-69-63-57-51-45-39-33-27-21-15-9-3)90(106-72-66-60-54-48-42-36-30-24-18-12-6)88(76-80)104-70-64-58-52-46-40-34-28-22-16-10-4/h73-78H,7-72H2,1-6H3. The van der Waals surface area contributed by atoms with Crippen molar-refractivity contribution in [2.24, 2.45) is 0 Å². The number of benzene rings is 3. The molecule has 16 nitrogen and oxygen atoms in total. The van der Waals surface area contributed by atoms with E-state index in [9.17, 15) is 29.8 Å². The Labute approximate surface area is 657 Å². The minimum atomic E-state index is -1.00. The Morgan fingerprint density at radius 2 is 0.389 bits per heavy atom. The highest BCUT2D eigenvalue weighted by molar-refractivity contribution is 5.95. The lowest BCUT2D eigenvalue weighted by Gasteiger charge is -2.19. The Morgan fingerprint density at radius 1 is 0.231 bits per heavy atom. The van der Waals surface area contributed by atoms with E-state index in [0.717, 1.165) is 153 Å². The molecule has 0 heterocycles. The molecule has 0 amide bonds. The molecule has 0 aromatic heterocycles. The second kappa shape index (κ2) is 68.0. The first-order valence-electron chi connectivity index (χ1n) is 45.1. The summed E-state index contributed by atoms with van der Waals surface area (Å²) in [6.07, 6.45) is 69.3. The minimum Gasteiger partial charge on any atom is -0.490 e. The van der Waals surface area contributed by atoms with Crippen LogP contribution >= 0.6 is 0 Å². The summed E-state index contributed by atoms with van der Waals surface area (Å²) in [6, 6.07) is 7.69. The summed E-state index contributed by atoms with van der Waals surface area (Å²) in [7, 11) is 0. The van der Waals surface area contributed by atoms with Crippen molar-refractivity contribution < 1.29 is 57.3 Å². The fraction of sp³-hybridized carbons (Fsp3) is 0.783. The van der Waals surface area contributed by atoms with Gasteiger partial charge in [-0.1, -0.05) is 388 Å². The molecule has 618 valence electrons. The number of nitro benzene ring substituents is 2. The summed E-state index contributed by atoms with van der Waals surface area (Å²) in [5, 5.41) is 25.5. The normalized spacial score (nSPS) is 11.3. The third-order valence-electron chi connectivity index (χ3n) is 20.9. The van der Waals surface area contributed by atoms with Gasteiger partial charge in [0.15, 0.2) is 34.5 Å². The number of ether oxygens (including phenoxy) is 8. The summed E-state index contributed by atoms with van der Waals surface area (Å²) in [4.78, 5) is 53.6. The topological polar surface area (TPSA) is 194 Å². The van der Waals surface area contributed by atoms with Gasteiger partial charge in [0.1, 0.15) is 0 Å². The van der Waals surface area contributed by atoms with Crippen LogP contribution in [-0.4, -0.2) is 61.4 Å². The van der Waals surface area contributed by atoms with Crippen molar-refractivity contribution >= 4 is 23.3 Å². The fourth-order valence-corrected chi connectivity index (χ4v) is 14.0. The molecule has 0 aliphatic carbocycles. The Balaban J connectivity index is 2.11. The highest BCUT2D eigenvalue weighted by Gasteiger charge is 2.32. The number of carbonyl (C=O) groups is 2. The lowest BCUT2D eigenvalue weighted by molar-refractivity contribution is -0.422. The number of nitrogens with zero attached hydrogens (tertiary/aromatic N) is 2. The van der Waals surface area contributed by atoms with Crippen molar-refractivity contribution in [2.45, 2.75) is 427 Å². The number of hydrogen-bond donors (Lipinski definition) is 0. The van der Waals surface area contributed by atoms with Crippen molar-refractivity contribution in [3.63, 3.8) is 0 Å². The maximum atomic E-state index is 15.0. The number of unbranched alkanes of at least 4 members (excludes halogenated alkanes) is 54. The van der Waals surface area contributed by atoms with E-state index in [-0.39, 0.29) is 11.1 Å². The van der Waals surface area contributed by atoms with Crippen LogP contribution in [0.3, 0.4) is 0 Å². The summed E-state index contributed by atoms with van der Waals surface area (Å²) in [5.41, 5.74) is -1.99. The van der Waals surface area contributed by atoms with Gasteiger partial charge >= 0.3 is 23.3 Å². The van der Waals surface area contributed by atoms with E-state index in [0.29, 0.717) is 74.1 Å². The van der Waals surface area contributed by atoms with Crippen molar-refractivity contribution in [3.8, 4) is 46.0 Å². The SMILES string of the molecule is CCCCCCCCCCCCOc1cc(C(=O)Oc2cc([N+](=O)[O-])c([N+](=O)[O-])cc2OC(=O)c2cc(OCCCCCCCCCCCC)c(OCCCCCCCCCCCC)c(OCCCCCCCCCCCC)c2)cc(OCCCCCCCCCCCC)c1OCCCCCCCCCCCC. The van der Waals surface area contributed by atoms with Gasteiger partial charge in [0, 0.05) is 0 Å². The van der Waals surface area contributed by atoms with E-state index in [1.165, 1.54) is 244 Å². The first-order chi connectivity index (χ1) is 53.0. The van der Waals surface area contributed by atoms with Crippen LogP contribution < -0.4 is 37.9 Å². The lowest BCUT2D eigenvalue weighted by Crippen LogP contribution is -2.15. The maximum Gasteiger partial charge on any atom is 0.350 e. The summed E-state index contributed by atoms with van der Waals surface area (Å²) < 4.78 is 51.9. The average molecular weight is 1510 g/mol. The molecule has 16 heteroatoms. The van der Waals surface area contributed by atoms with Crippen LogP contribution in [0.4, 0.5) is 11.4 Å². The molecule has 0 aliphatic heterocycles. The van der Waals surface area contributed by atoms with Crippen LogP contribution in [0.1, 0.15) is 448 Å². The van der Waals surface area contributed by atoms with Gasteiger partial charge in [0.2, 0.25) is 11.5 Å². The van der Waals surface area contributed by atoms with Crippen molar-refractivity contribution in [1.82, 2.24) is 0 Å². The first kappa shape index (κ1) is 96.4. The van der Waals surface area contributed by atoms with Crippen LogP contribution in [0.25, 0.3) is 0 Å². The van der Waals surface area contributed by atoms with Crippen LogP contribution in [0, 0.1) is 20.2 Å². The number of hydrogen-bond acceptors (Lipinski definition) is 14. The van der Waals surface area contributed by atoms with Crippen molar-refractivity contribution in [3.05, 3.63) is 67.8 Å². The third kappa shape index (κ3) is 47.4. The molecule has 0 aliphatic rings. The molecule has 0 unspecified atom stereocenters. The van der Waals surface area contributed by atoms with E-state index in [2.05, 4.69) is 41.5 Å². The Morgan fingerprint density at radius 3 is 0.556 bits per heavy atom. The van der Waals surface area contributed by atoms with Gasteiger partial charge in [-0.15, -0.1) is 0 Å². The molecule has 0 saturated carbocycles. The maximum absolute atomic E-state index is 15.0. The lowest BCUT2D eigenvalue weighted by atomic mass is 10.1. The van der Waals surface area contributed by atoms with E-state index >= 15 is 0 Å². The van der Waals surface area contributed by atoms with Crippen LogP contribution in [0.15, 0.2) is 36.4 Å². The zero-order chi connectivity index (χ0) is 77.8. The Kier molecular flexibility index (Phi) is 60.7. The van der Waals surface area contributed by atoms with Gasteiger partial charge in [-0.25, -0.2) is 9.59 Å². The molecule has 108 heavy (non-hydrogen) atoms. The van der Waals surface area contributed by atoms with Crippen LogP contribution in [0.2, 0.25) is 0 Å². The van der Waals surface area contributed by atoms with E-state index in [1.54, 1.807) is 24.3 Å². The Bertz CT molecular complexity index is 2440. The van der Waals surface area contributed by atoms with Gasteiger partial charge in [0.25, 0.3) is 0 Å². The smallest absolute Gasteiger partial charge is 0.350 e. The van der Waals surface area contributed by atoms with Gasteiger partial charge in [0.05, 0.1) is 72.7 Å². The summed E-state index contributed by atoms with van der Waals surface area (Å²) in [6.45, 7) is 15.6. The molecule has 3 aromatic rings. The number of rotatable bonds is 78. The second-order valence-electron chi connectivity index (χ2n) is 30.9. The van der Waals surface area contributed by atoms with Crippen molar-refractivity contribution in [2.75, 3.05) is 39.6 Å². The molecular formula is C92H156N2O14. The molecule has 0 bridgehead atoms. The molecule has 3 rings (SSSR count). The molecule has 3 aromatic carbocycles. The first-order valence-corrected chi connectivity index (χ1v) is 45.1. The highest BCUT2D eigenvalue weighted by atomic mass is 16.6. The van der Waals surface area contributed by atoms with Gasteiger partial charge in [-0.05, 0) is 62.8 Å². The predicted molar refractivity (Wildman–Crippen MR) is 447 cm³/mol. The monoisotopic (exact) mass is 1510 g/mol. The highest BCUT2D eigenvalue weighted by Crippen LogP contribution is 2.45. The predicted octanol–water partition coefficient (Wildman–Crippen LogP) is 29.7. The zero-order valence-electron chi connectivity index (χ0n) is 69.7. The van der Waals surface area contributed by atoms with Gasteiger partial charge in [-0.2, -0.15) is 0 Å². The number of carbonyl (C=O) groups excluding carboxylic acids is 2. The molecule has 0 N–H and O–H groups in total. The number of esters is 2. The minimum absolute atomic E-state index is 0.0301. The Hall–Kier alpha value is -5.80. The molecule has 0 spiro atoms. The number of nitro groups is 2.